The van der Waals surface area contributed by atoms with E-state index in [1.54, 1.807) is 0 Å². The normalized spacial score (nSPS) is 31.5. The van der Waals surface area contributed by atoms with Crippen LogP contribution in [0.5, 0.6) is 0 Å². The van der Waals surface area contributed by atoms with Gasteiger partial charge in [0.1, 0.15) is 0 Å². The molecule has 2 saturated heterocycles. The van der Waals surface area contributed by atoms with Gasteiger partial charge in [-0.1, -0.05) is 6.07 Å². The van der Waals surface area contributed by atoms with Crippen molar-refractivity contribution in [2.24, 2.45) is 5.73 Å². The average molecular weight is 374 g/mol. The van der Waals surface area contributed by atoms with Crippen LogP contribution in [0.1, 0.15) is 32.1 Å². The molecule has 2 fully saturated rings. The predicted molar refractivity (Wildman–Crippen MR) is 83.0 cm³/mol. The van der Waals surface area contributed by atoms with Gasteiger partial charge < -0.3 is 10.6 Å². The first-order chi connectivity index (χ1) is 8.66. The maximum atomic E-state index is 6.19. The van der Waals surface area contributed by atoms with Crippen LogP contribution in [-0.4, -0.2) is 18.1 Å². The van der Waals surface area contributed by atoms with Crippen molar-refractivity contribution in [2.45, 2.75) is 50.2 Å². The van der Waals surface area contributed by atoms with Crippen molar-refractivity contribution < 1.29 is 0 Å². The molecule has 4 heteroatoms. The van der Waals surface area contributed by atoms with Gasteiger partial charge in [0.2, 0.25) is 0 Å². The van der Waals surface area contributed by atoms with E-state index in [1.165, 1.54) is 33.9 Å². The van der Waals surface area contributed by atoms with Gasteiger partial charge in [-0.05, 0) is 76.1 Å². The van der Waals surface area contributed by atoms with Gasteiger partial charge in [-0.3, -0.25) is 0 Å². The highest BCUT2D eigenvalue weighted by Gasteiger charge is 2.38. The zero-order valence-electron chi connectivity index (χ0n) is 10.3. The number of rotatable bonds is 1. The Bertz CT molecular complexity index is 415. The molecule has 0 radical (unpaired) electrons. The fourth-order valence-corrected chi connectivity index (χ4v) is 4.93. The Balaban J connectivity index is 2.00. The molecule has 2 aliphatic heterocycles. The van der Waals surface area contributed by atoms with Crippen molar-refractivity contribution >= 4 is 37.5 Å². The van der Waals surface area contributed by atoms with E-state index in [2.05, 4.69) is 55.0 Å². The van der Waals surface area contributed by atoms with Crippen LogP contribution in [0.25, 0.3) is 0 Å². The van der Waals surface area contributed by atoms with Crippen LogP contribution < -0.4 is 10.6 Å². The molecule has 2 nitrogen and oxygen atoms in total. The molecule has 2 atom stereocenters. The molecule has 0 saturated carbocycles. The molecular weight excluding hydrogens is 356 g/mol. The van der Waals surface area contributed by atoms with Crippen LogP contribution in [0.3, 0.4) is 0 Å². The minimum Gasteiger partial charge on any atom is -0.364 e. The van der Waals surface area contributed by atoms with Crippen LogP contribution in [0.4, 0.5) is 5.69 Å². The number of nitrogens with two attached hydrogens (primary N) is 1. The molecule has 98 valence electrons. The van der Waals surface area contributed by atoms with Crippen LogP contribution in [0.15, 0.2) is 27.1 Å². The maximum absolute atomic E-state index is 6.19. The first-order valence-corrected chi connectivity index (χ1v) is 8.23. The molecule has 2 aliphatic rings. The minimum atomic E-state index is 0.387. The van der Waals surface area contributed by atoms with E-state index in [4.69, 9.17) is 5.73 Å². The average Bonchev–Trinajstić information content (AvgIpc) is 2.29. The van der Waals surface area contributed by atoms with E-state index < -0.39 is 0 Å². The number of nitrogens with zero attached hydrogens (tertiary/aromatic N) is 1. The fourth-order valence-electron chi connectivity index (χ4n) is 3.52. The largest absolute Gasteiger partial charge is 0.364 e. The number of hydrogen-bond acceptors (Lipinski definition) is 2. The standard InChI is InChI=1S/C14H18Br2N2/c15-12-5-2-6-13(16)14(12)18-10-3-1-4-11(18)8-9(17)7-10/h2,5-6,9-11H,1,3-4,7-8,17H2. The molecule has 2 bridgehead atoms. The van der Waals surface area contributed by atoms with Crippen molar-refractivity contribution in [1.29, 1.82) is 0 Å². The monoisotopic (exact) mass is 372 g/mol. The SMILES string of the molecule is NC1CC2CCCC(C1)N2c1c(Br)cccc1Br. The summed E-state index contributed by atoms with van der Waals surface area (Å²) in [7, 11) is 0. The van der Waals surface area contributed by atoms with Crippen LogP contribution in [-0.2, 0) is 0 Å². The Hall–Kier alpha value is -0.0600. The summed E-state index contributed by atoms with van der Waals surface area (Å²) >= 11 is 7.41. The van der Waals surface area contributed by atoms with Gasteiger partial charge in [0.25, 0.3) is 0 Å². The number of piperidine rings is 2. The van der Waals surface area contributed by atoms with Crippen molar-refractivity contribution in [3.8, 4) is 0 Å². The van der Waals surface area contributed by atoms with E-state index in [1.807, 2.05) is 0 Å². The van der Waals surface area contributed by atoms with Gasteiger partial charge in [-0.15, -0.1) is 0 Å². The summed E-state index contributed by atoms with van der Waals surface area (Å²) in [6.07, 6.45) is 6.16. The second-order valence-corrected chi connectivity index (χ2v) is 7.16. The summed E-state index contributed by atoms with van der Waals surface area (Å²) in [5, 5.41) is 0. The van der Waals surface area contributed by atoms with Gasteiger partial charge in [-0.2, -0.15) is 0 Å². The van der Waals surface area contributed by atoms with E-state index in [0.29, 0.717) is 18.1 Å². The van der Waals surface area contributed by atoms with Crippen molar-refractivity contribution in [3.63, 3.8) is 0 Å². The Morgan fingerprint density at radius 3 is 2.17 bits per heavy atom. The third kappa shape index (κ3) is 2.23. The van der Waals surface area contributed by atoms with Gasteiger partial charge in [0.05, 0.1) is 5.69 Å². The van der Waals surface area contributed by atoms with Gasteiger partial charge in [0, 0.05) is 27.1 Å². The molecule has 1 aromatic carbocycles. The summed E-state index contributed by atoms with van der Waals surface area (Å²) in [6, 6.07) is 7.94. The molecular formula is C14H18Br2N2. The molecule has 2 N–H and O–H groups in total. The number of anilines is 1. The highest BCUT2D eigenvalue weighted by molar-refractivity contribution is 9.11. The second-order valence-electron chi connectivity index (χ2n) is 5.45. The summed E-state index contributed by atoms with van der Waals surface area (Å²) in [5.74, 6) is 0. The highest BCUT2D eigenvalue weighted by atomic mass is 79.9. The summed E-state index contributed by atoms with van der Waals surface area (Å²) in [5.41, 5.74) is 7.51. The van der Waals surface area contributed by atoms with E-state index >= 15 is 0 Å². The van der Waals surface area contributed by atoms with Crippen molar-refractivity contribution in [3.05, 3.63) is 27.1 Å². The van der Waals surface area contributed by atoms with Gasteiger partial charge in [-0.25, -0.2) is 0 Å². The lowest BCUT2D eigenvalue weighted by Gasteiger charge is -2.50. The topological polar surface area (TPSA) is 29.3 Å². The zero-order valence-corrected chi connectivity index (χ0v) is 13.5. The summed E-state index contributed by atoms with van der Waals surface area (Å²) < 4.78 is 2.37. The second kappa shape index (κ2) is 5.14. The number of hydrogen-bond donors (Lipinski definition) is 1. The van der Waals surface area contributed by atoms with Crippen LogP contribution in [0, 0.1) is 0 Å². The van der Waals surface area contributed by atoms with Crippen molar-refractivity contribution in [2.75, 3.05) is 4.90 Å². The van der Waals surface area contributed by atoms with Gasteiger partial charge >= 0.3 is 0 Å². The molecule has 3 rings (SSSR count). The lowest BCUT2D eigenvalue weighted by atomic mass is 9.81. The Kier molecular flexibility index (Phi) is 3.70. The highest BCUT2D eigenvalue weighted by Crippen LogP contribution is 2.43. The number of halogens is 2. The summed E-state index contributed by atoms with van der Waals surface area (Å²) in [6.45, 7) is 0. The molecule has 2 unspecified atom stereocenters. The smallest absolute Gasteiger partial charge is 0.0660 e. The lowest BCUT2D eigenvalue weighted by molar-refractivity contribution is 0.270. The molecule has 0 amide bonds. The predicted octanol–water partition coefficient (Wildman–Crippen LogP) is 4.06. The first kappa shape index (κ1) is 12.9. The minimum absolute atomic E-state index is 0.387. The molecule has 2 heterocycles. The van der Waals surface area contributed by atoms with E-state index in [0.717, 1.165) is 12.8 Å². The van der Waals surface area contributed by atoms with Crippen LogP contribution >= 0.6 is 31.9 Å². The number of benzene rings is 1. The molecule has 1 aromatic rings. The quantitative estimate of drug-likeness (QED) is 0.804. The molecule has 0 aliphatic carbocycles. The van der Waals surface area contributed by atoms with E-state index in [9.17, 15) is 0 Å². The molecule has 18 heavy (non-hydrogen) atoms. The number of fused-ring (bicyclic) bond motifs is 2. The third-order valence-corrected chi connectivity index (χ3v) is 5.49. The number of para-hydroxylation sites is 1. The molecule has 0 aromatic heterocycles. The van der Waals surface area contributed by atoms with Gasteiger partial charge in [0.15, 0.2) is 0 Å². The van der Waals surface area contributed by atoms with Crippen LogP contribution in [0.2, 0.25) is 0 Å². The third-order valence-electron chi connectivity index (χ3n) is 4.21. The summed E-state index contributed by atoms with van der Waals surface area (Å²) in [4.78, 5) is 2.61. The lowest BCUT2D eigenvalue weighted by Crippen LogP contribution is -2.55. The zero-order chi connectivity index (χ0) is 12.7. The Morgan fingerprint density at radius 1 is 1.06 bits per heavy atom. The molecule has 0 spiro atoms. The fraction of sp³-hybridized carbons (Fsp3) is 0.571. The Morgan fingerprint density at radius 2 is 1.61 bits per heavy atom. The van der Waals surface area contributed by atoms with E-state index in [-0.39, 0.29) is 0 Å². The first-order valence-electron chi connectivity index (χ1n) is 6.64. The van der Waals surface area contributed by atoms with Crippen molar-refractivity contribution in [1.82, 2.24) is 0 Å². The Labute approximate surface area is 125 Å². The maximum Gasteiger partial charge on any atom is 0.0660 e.